The third kappa shape index (κ3) is 6.33. The summed E-state index contributed by atoms with van der Waals surface area (Å²) in [7, 11) is 0. The van der Waals surface area contributed by atoms with Crippen LogP contribution in [-0.4, -0.2) is 68.5 Å². The predicted molar refractivity (Wildman–Crippen MR) is 151 cm³/mol. The number of fused-ring (bicyclic) bond motifs is 2. The number of piperidine rings is 1. The molecule has 0 radical (unpaired) electrons. The summed E-state index contributed by atoms with van der Waals surface area (Å²) in [6, 6.07) is 15.4. The second-order valence-corrected chi connectivity index (χ2v) is 10.7. The molecule has 0 saturated carbocycles. The van der Waals surface area contributed by atoms with E-state index in [9.17, 15) is 14.4 Å². The fraction of sp³-hybridized carbons (Fsp3) is 0.452. The molecule has 1 fully saturated rings. The van der Waals surface area contributed by atoms with E-state index in [-0.39, 0.29) is 17.7 Å². The highest BCUT2D eigenvalue weighted by atomic mass is 16.5. The van der Waals surface area contributed by atoms with Crippen LogP contribution >= 0.6 is 0 Å². The molecule has 1 saturated heterocycles. The van der Waals surface area contributed by atoms with Crippen molar-refractivity contribution in [1.82, 2.24) is 15.5 Å². The van der Waals surface area contributed by atoms with Crippen molar-refractivity contribution in [1.29, 1.82) is 0 Å². The lowest BCUT2D eigenvalue weighted by molar-refractivity contribution is -0.134. The van der Waals surface area contributed by atoms with Crippen molar-refractivity contribution >= 4 is 23.4 Å². The summed E-state index contributed by atoms with van der Waals surface area (Å²) < 4.78 is 5.90. The van der Waals surface area contributed by atoms with Crippen LogP contribution in [0.4, 0.5) is 5.69 Å². The summed E-state index contributed by atoms with van der Waals surface area (Å²) in [6.45, 7) is 3.95. The van der Waals surface area contributed by atoms with E-state index in [0.717, 1.165) is 18.7 Å². The minimum atomic E-state index is -0.496. The first kappa shape index (κ1) is 26.9. The van der Waals surface area contributed by atoms with Crippen molar-refractivity contribution in [2.24, 2.45) is 5.41 Å². The number of nitrogens with zero attached hydrogens (tertiary/aromatic N) is 2. The molecule has 0 bridgehead atoms. The first-order chi connectivity index (χ1) is 19.1. The third-order valence-corrected chi connectivity index (χ3v) is 8.12. The maximum absolute atomic E-state index is 13.4. The van der Waals surface area contributed by atoms with Crippen molar-refractivity contribution in [2.45, 2.75) is 38.5 Å². The number of ether oxygens (including phenoxy) is 1. The van der Waals surface area contributed by atoms with Crippen LogP contribution in [0.5, 0.6) is 5.75 Å². The normalized spacial score (nSPS) is 21.3. The van der Waals surface area contributed by atoms with Gasteiger partial charge in [0.05, 0.1) is 24.1 Å². The van der Waals surface area contributed by atoms with Crippen LogP contribution in [0.2, 0.25) is 0 Å². The van der Waals surface area contributed by atoms with Gasteiger partial charge in [-0.25, -0.2) is 0 Å². The predicted octanol–water partition coefficient (Wildman–Crippen LogP) is 3.32. The Morgan fingerprint density at radius 1 is 0.923 bits per heavy atom. The number of amides is 3. The van der Waals surface area contributed by atoms with Gasteiger partial charge >= 0.3 is 0 Å². The first-order valence-corrected chi connectivity index (χ1v) is 14.1. The van der Waals surface area contributed by atoms with Crippen LogP contribution in [0, 0.1) is 5.41 Å². The smallest absolute Gasteiger partial charge is 0.255 e. The van der Waals surface area contributed by atoms with Gasteiger partial charge in [-0.05, 0) is 75.4 Å². The highest BCUT2D eigenvalue weighted by Crippen LogP contribution is 2.36. The molecule has 0 aliphatic carbocycles. The summed E-state index contributed by atoms with van der Waals surface area (Å²) in [4.78, 5) is 43.3. The number of allylic oxidation sites excluding steroid dienone is 1. The number of carbonyl (C=O) groups excluding carboxylic acids is 3. The lowest BCUT2D eigenvalue weighted by Gasteiger charge is -2.40. The molecule has 0 atom stereocenters. The Bertz CT molecular complexity index is 1220. The number of carbonyl (C=O) groups is 3. The number of benzene rings is 2. The summed E-state index contributed by atoms with van der Waals surface area (Å²) in [5.41, 5.74) is 2.29. The second kappa shape index (κ2) is 12.5. The van der Waals surface area contributed by atoms with Crippen LogP contribution in [0.25, 0.3) is 0 Å². The standard InChI is InChI=1S/C31H38N4O4/c36-28(35-19-13-24-9-2-4-11-26(24)35)23-34-20-15-31(16-21-34)14-6-1-7-22-39-27-12-5-3-10-25(27)29(37)32-17-8-18-33-30(31)38/h1-6,9-12H,7-8,13-23H2,(H,32,37)(H,33,38)/b6-1-. The molecule has 0 unspecified atom stereocenters. The summed E-state index contributed by atoms with van der Waals surface area (Å²) >= 11 is 0. The monoisotopic (exact) mass is 530 g/mol. The minimum absolute atomic E-state index is 0.0617. The van der Waals surface area contributed by atoms with E-state index in [1.54, 1.807) is 6.07 Å². The van der Waals surface area contributed by atoms with E-state index in [1.165, 1.54) is 5.56 Å². The van der Waals surface area contributed by atoms with Crippen molar-refractivity contribution in [2.75, 3.05) is 50.8 Å². The Labute approximate surface area is 230 Å². The Morgan fingerprint density at radius 2 is 1.69 bits per heavy atom. The van der Waals surface area contributed by atoms with Gasteiger partial charge in [-0.2, -0.15) is 0 Å². The van der Waals surface area contributed by atoms with Crippen LogP contribution in [0.15, 0.2) is 60.7 Å². The van der Waals surface area contributed by atoms with Crippen LogP contribution in [-0.2, 0) is 16.0 Å². The largest absolute Gasteiger partial charge is 0.492 e. The molecule has 39 heavy (non-hydrogen) atoms. The fourth-order valence-corrected chi connectivity index (χ4v) is 5.76. The zero-order chi connectivity index (χ0) is 27.1. The maximum atomic E-state index is 13.4. The van der Waals surface area contributed by atoms with Crippen molar-refractivity contribution in [3.05, 3.63) is 71.8 Å². The quantitative estimate of drug-likeness (QED) is 0.582. The molecule has 2 N–H and O–H groups in total. The molecule has 206 valence electrons. The molecule has 5 rings (SSSR count). The molecule has 8 nitrogen and oxygen atoms in total. The van der Waals surface area contributed by atoms with E-state index >= 15 is 0 Å². The van der Waals surface area contributed by atoms with E-state index in [4.69, 9.17) is 4.74 Å². The van der Waals surface area contributed by atoms with Crippen molar-refractivity contribution in [3.63, 3.8) is 0 Å². The van der Waals surface area contributed by atoms with E-state index in [0.29, 0.717) is 82.7 Å². The zero-order valence-corrected chi connectivity index (χ0v) is 22.5. The van der Waals surface area contributed by atoms with Gasteiger partial charge in [0.15, 0.2) is 0 Å². The topological polar surface area (TPSA) is 91.0 Å². The Morgan fingerprint density at radius 3 is 2.56 bits per heavy atom. The SMILES string of the molecule is O=C1NCCCNC(=O)C2(C/C=C\CCOc3ccccc31)CCN(CC(=O)N1CCc3ccccc31)CC2. The van der Waals surface area contributed by atoms with E-state index in [2.05, 4.69) is 33.8 Å². The van der Waals surface area contributed by atoms with Gasteiger partial charge in [-0.15, -0.1) is 0 Å². The number of likely N-dealkylation sites (tertiary alicyclic amines) is 1. The molecule has 2 aromatic carbocycles. The molecule has 8 heteroatoms. The van der Waals surface area contributed by atoms with Crippen LogP contribution in [0.1, 0.15) is 48.0 Å². The lowest BCUT2D eigenvalue weighted by Crippen LogP contribution is -2.51. The molecule has 3 aliphatic rings. The maximum Gasteiger partial charge on any atom is 0.255 e. The number of para-hydroxylation sites is 2. The molecular formula is C31H38N4O4. The first-order valence-electron chi connectivity index (χ1n) is 14.1. The van der Waals surface area contributed by atoms with Gasteiger partial charge < -0.3 is 20.3 Å². The highest BCUT2D eigenvalue weighted by molar-refractivity contribution is 5.97. The van der Waals surface area contributed by atoms with Gasteiger partial charge in [0.25, 0.3) is 5.91 Å². The third-order valence-electron chi connectivity index (χ3n) is 8.12. The molecule has 3 amide bonds. The lowest BCUT2D eigenvalue weighted by atomic mass is 9.74. The van der Waals surface area contributed by atoms with Crippen molar-refractivity contribution in [3.8, 4) is 5.75 Å². The zero-order valence-electron chi connectivity index (χ0n) is 22.5. The van der Waals surface area contributed by atoms with Crippen LogP contribution in [0.3, 0.4) is 0 Å². The van der Waals surface area contributed by atoms with Gasteiger partial charge in [-0.1, -0.05) is 42.5 Å². The molecule has 3 aliphatic heterocycles. The number of nitrogens with one attached hydrogen (secondary N) is 2. The Kier molecular flexibility index (Phi) is 8.61. The minimum Gasteiger partial charge on any atom is -0.492 e. The number of hydrogen-bond donors (Lipinski definition) is 2. The molecule has 0 aromatic heterocycles. The van der Waals surface area contributed by atoms with Gasteiger partial charge in [0.2, 0.25) is 11.8 Å². The Balaban J connectivity index is 1.20. The Hall–Kier alpha value is -3.65. The van der Waals surface area contributed by atoms with Gasteiger partial charge in [0, 0.05) is 25.3 Å². The second-order valence-electron chi connectivity index (χ2n) is 10.7. The van der Waals surface area contributed by atoms with E-state index < -0.39 is 5.41 Å². The fourth-order valence-electron chi connectivity index (χ4n) is 5.76. The number of rotatable bonds is 2. The average Bonchev–Trinajstić information content (AvgIpc) is 3.39. The van der Waals surface area contributed by atoms with Gasteiger partial charge in [0.1, 0.15) is 5.75 Å². The van der Waals surface area contributed by atoms with Gasteiger partial charge in [-0.3, -0.25) is 19.3 Å². The molecule has 1 spiro atoms. The molecule has 2 aromatic rings. The number of hydrogen-bond acceptors (Lipinski definition) is 5. The summed E-state index contributed by atoms with van der Waals surface area (Å²) in [5, 5.41) is 6.06. The van der Waals surface area contributed by atoms with Crippen molar-refractivity contribution < 1.29 is 19.1 Å². The average molecular weight is 531 g/mol. The van der Waals surface area contributed by atoms with Crippen LogP contribution < -0.4 is 20.3 Å². The highest BCUT2D eigenvalue weighted by Gasteiger charge is 2.41. The van der Waals surface area contributed by atoms with E-state index in [1.807, 2.05) is 41.3 Å². The number of anilines is 1. The summed E-state index contributed by atoms with van der Waals surface area (Å²) in [6.07, 6.45) is 8.45. The molecular weight excluding hydrogens is 492 g/mol. The summed E-state index contributed by atoms with van der Waals surface area (Å²) in [5.74, 6) is 0.600. The molecule has 3 heterocycles.